The van der Waals surface area contributed by atoms with Crippen LogP contribution in [0.25, 0.3) is 0 Å². The average Bonchev–Trinajstić information content (AvgIpc) is 2.54. The highest BCUT2D eigenvalue weighted by molar-refractivity contribution is 5.91. The number of carbonyl (C=O) groups excluding carboxylic acids is 1. The molecule has 0 atom stereocenters. The number of nitrogens with one attached hydrogen (secondary N) is 1. The smallest absolute Gasteiger partial charge is 0.312 e. The number of nitrogens with zero attached hydrogens (tertiary/aromatic N) is 1. The van der Waals surface area contributed by atoms with Crippen molar-refractivity contribution in [2.45, 2.75) is 19.8 Å². The number of rotatable bonds is 6. The average molecular weight is 314 g/mol. The summed E-state index contributed by atoms with van der Waals surface area (Å²) in [4.78, 5) is 22.4. The number of ether oxygens (including phenoxy) is 1. The summed E-state index contributed by atoms with van der Waals surface area (Å²) in [6, 6.07) is 12.3. The van der Waals surface area contributed by atoms with Crippen LogP contribution in [0.4, 0.5) is 11.4 Å². The van der Waals surface area contributed by atoms with E-state index in [1.807, 2.05) is 31.2 Å². The van der Waals surface area contributed by atoms with Crippen LogP contribution in [0.5, 0.6) is 5.75 Å². The fourth-order valence-corrected chi connectivity index (χ4v) is 2.15. The quantitative estimate of drug-likeness (QED) is 0.653. The fraction of sp³-hybridized carbons (Fsp3) is 0.235. The molecule has 120 valence electrons. The van der Waals surface area contributed by atoms with E-state index >= 15 is 0 Å². The van der Waals surface area contributed by atoms with Gasteiger partial charge < -0.3 is 10.1 Å². The summed E-state index contributed by atoms with van der Waals surface area (Å²) in [7, 11) is 1.36. The molecule has 1 amide bonds. The topological polar surface area (TPSA) is 81.5 Å². The van der Waals surface area contributed by atoms with E-state index in [0.29, 0.717) is 18.5 Å². The van der Waals surface area contributed by atoms with Crippen molar-refractivity contribution in [1.29, 1.82) is 0 Å². The lowest BCUT2D eigenvalue weighted by Gasteiger charge is -2.07. The molecule has 6 nitrogen and oxygen atoms in total. The largest absolute Gasteiger partial charge is 0.490 e. The molecule has 0 aliphatic rings. The van der Waals surface area contributed by atoms with Gasteiger partial charge in [0.1, 0.15) is 0 Å². The van der Waals surface area contributed by atoms with E-state index in [2.05, 4.69) is 5.32 Å². The van der Waals surface area contributed by atoms with Gasteiger partial charge in [0.25, 0.3) is 0 Å². The van der Waals surface area contributed by atoms with Gasteiger partial charge in [-0.15, -0.1) is 0 Å². The maximum absolute atomic E-state index is 12.0. The van der Waals surface area contributed by atoms with E-state index in [4.69, 9.17) is 4.74 Å². The summed E-state index contributed by atoms with van der Waals surface area (Å²) in [6.45, 7) is 2.01. The van der Waals surface area contributed by atoms with Crippen LogP contribution < -0.4 is 10.1 Å². The first-order valence-corrected chi connectivity index (χ1v) is 7.17. The summed E-state index contributed by atoms with van der Waals surface area (Å²) in [5.74, 6) is -0.0299. The standard InChI is InChI=1S/C17H18N2O4/c1-12-3-5-13(6-4-12)7-10-17(20)18-14-8-9-16(23-2)15(11-14)19(21)22/h3-6,8-9,11H,7,10H2,1-2H3,(H,18,20). The first-order valence-electron chi connectivity index (χ1n) is 7.17. The van der Waals surface area contributed by atoms with E-state index < -0.39 is 4.92 Å². The van der Waals surface area contributed by atoms with Gasteiger partial charge in [-0.05, 0) is 31.0 Å². The molecule has 0 bridgehead atoms. The molecule has 0 spiro atoms. The van der Waals surface area contributed by atoms with Crippen LogP contribution in [-0.4, -0.2) is 17.9 Å². The first-order chi connectivity index (χ1) is 11.0. The Morgan fingerprint density at radius 3 is 2.52 bits per heavy atom. The van der Waals surface area contributed by atoms with Crippen LogP contribution in [0.1, 0.15) is 17.5 Å². The van der Waals surface area contributed by atoms with E-state index in [-0.39, 0.29) is 17.3 Å². The van der Waals surface area contributed by atoms with Crippen LogP contribution in [0.3, 0.4) is 0 Å². The Hall–Kier alpha value is -2.89. The molecule has 2 aromatic carbocycles. The van der Waals surface area contributed by atoms with Gasteiger partial charge in [0.15, 0.2) is 5.75 Å². The summed E-state index contributed by atoms with van der Waals surface area (Å²) >= 11 is 0. The van der Waals surface area contributed by atoms with Crippen molar-refractivity contribution in [3.05, 3.63) is 63.7 Å². The first kappa shape index (κ1) is 16.5. The molecule has 2 aromatic rings. The van der Waals surface area contributed by atoms with Crippen molar-refractivity contribution < 1.29 is 14.5 Å². The van der Waals surface area contributed by atoms with Gasteiger partial charge in [0, 0.05) is 18.2 Å². The monoisotopic (exact) mass is 314 g/mol. The van der Waals surface area contributed by atoms with E-state index in [1.54, 1.807) is 6.07 Å². The zero-order chi connectivity index (χ0) is 16.8. The SMILES string of the molecule is COc1ccc(NC(=O)CCc2ccc(C)cc2)cc1[N+](=O)[O-]. The number of hydrogen-bond donors (Lipinski definition) is 1. The highest BCUT2D eigenvalue weighted by Gasteiger charge is 2.16. The number of benzene rings is 2. The molecule has 0 fully saturated rings. The van der Waals surface area contributed by atoms with E-state index in [0.717, 1.165) is 5.56 Å². The summed E-state index contributed by atoms with van der Waals surface area (Å²) in [5, 5.41) is 13.6. The van der Waals surface area contributed by atoms with Gasteiger partial charge in [-0.3, -0.25) is 14.9 Å². The predicted octanol–water partition coefficient (Wildman–Crippen LogP) is 3.48. The van der Waals surface area contributed by atoms with Crippen molar-refractivity contribution >= 4 is 17.3 Å². The highest BCUT2D eigenvalue weighted by atomic mass is 16.6. The molecule has 0 unspecified atom stereocenters. The van der Waals surface area contributed by atoms with Gasteiger partial charge in [-0.2, -0.15) is 0 Å². The molecular weight excluding hydrogens is 296 g/mol. The third-order valence-electron chi connectivity index (χ3n) is 3.42. The third kappa shape index (κ3) is 4.54. The Morgan fingerprint density at radius 1 is 1.22 bits per heavy atom. The minimum Gasteiger partial charge on any atom is -0.490 e. The molecule has 0 saturated carbocycles. The Balaban J connectivity index is 1.98. The molecule has 0 aliphatic carbocycles. The molecular formula is C17H18N2O4. The predicted molar refractivity (Wildman–Crippen MR) is 87.8 cm³/mol. The third-order valence-corrected chi connectivity index (χ3v) is 3.42. The minimum atomic E-state index is -0.541. The number of anilines is 1. The molecule has 1 N–H and O–H groups in total. The summed E-state index contributed by atoms with van der Waals surface area (Å²) in [5.41, 5.74) is 2.45. The zero-order valence-corrected chi connectivity index (χ0v) is 13.0. The number of aryl methyl sites for hydroxylation is 2. The van der Waals surface area contributed by atoms with E-state index in [9.17, 15) is 14.9 Å². The van der Waals surface area contributed by atoms with Crippen molar-refractivity contribution in [2.24, 2.45) is 0 Å². The Kier molecular flexibility index (Phi) is 5.30. The number of amides is 1. The Labute approximate surface area is 134 Å². The highest BCUT2D eigenvalue weighted by Crippen LogP contribution is 2.29. The van der Waals surface area contributed by atoms with Crippen LogP contribution in [0.2, 0.25) is 0 Å². The maximum atomic E-state index is 12.0. The maximum Gasteiger partial charge on any atom is 0.312 e. The lowest BCUT2D eigenvalue weighted by Crippen LogP contribution is -2.12. The molecule has 2 rings (SSSR count). The van der Waals surface area contributed by atoms with Crippen LogP contribution >= 0.6 is 0 Å². The van der Waals surface area contributed by atoms with Gasteiger partial charge in [-0.25, -0.2) is 0 Å². The number of nitro benzene ring substituents is 1. The summed E-state index contributed by atoms with van der Waals surface area (Å²) in [6.07, 6.45) is 0.924. The second-order valence-electron chi connectivity index (χ2n) is 5.18. The number of hydrogen-bond acceptors (Lipinski definition) is 4. The lowest BCUT2D eigenvalue weighted by atomic mass is 10.1. The molecule has 0 saturated heterocycles. The summed E-state index contributed by atoms with van der Waals surface area (Å²) < 4.78 is 4.93. The van der Waals surface area contributed by atoms with Crippen molar-refractivity contribution in [1.82, 2.24) is 0 Å². The molecule has 6 heteroatoms. The van der Waals surface area contributed by atoms with Crippen molar-refractivity contribution in [3.8, 4) is 5.75 Å². The molecule has 0 aromatic heterocycles. The number of carbonyl (C=O) groups is 1. The Morgan fingerprint density at radius 2 is 1.91 bits per heavy atom. The van der Waals surface area contributed by atoms with Gasteiger partial charge in [0.2, 0.25) is 5.91 Å². The molecule has 0 heterocycles. The Bertz CT molecular complexity index is 711. The number of methoxy groups -OCH3 is 1. The zero-order valence-electron chi connectivity index (χ0n) is 13.0. The van der Waals surface area contributed by atoms with Crippen LogP contribution in [-0.2, 0) is 11.2 Å². The van der Waals surface area contributed by atoms with Crippen LogP contribution in [0.15, 0.2) is 42.5 Å². The normalized spacial score (nSPS) is 10.2. The fourth-order valence-electron chi connectivity index (χ4n) is 2.15. The molecule has 0 aliphatic heterocycles. The molecule has 0 radical (unpaired) electrons. The second kappa shape index (κ2) is 7.40. The number of nitro groups is 1. The van der Waals surface area contributed by atoms with Crippen molar-refractivity contribution in [3.63, 3.8) is 0 Å². The van der Waals surface area contributed by atoms with E-state index in [1.165, 1.54) is 24.8 Å². The van der Waals surface area contributed by atoms with Gasteiger partial charge in [-0.1, -0.05) is 29.8 Å². The molecule has 23 heavy (non-hydrogen) atoms. The second-order valence-corrected chi connectivity index (χ2v) is 5.18. The van der Waals surface area contributed by atoms with Gasteiger partial charge in [0.05, 0.1) is 12.0 Å². The van der Waals surface area contributed by atoms with Crippen molar-refractivity contribution in [2.75, 3.05) is 12.4 Å². The van der Waals surface area contributed by atoms with Crippen LogP contribution in [0, 0.1) is 17.0 Å². The minimum absolute atomic E-state index is 0.160. The lowest BCUT2D eigenvalue weighted by molar-refractivity contribution is -0.385. The van der Waals surface area contributed by atoms with Gasteiger partial charge >= 0.3 is 5.69 Å².